The van der Waals surface area contributed by atoms with Gasteiger partial charge in [-0.25, -0.2) is 0 Å². The number of hydrogen-bond acceptors (Lipinski definition) is 3. The molecular formula is C15H22BrNO2. The van der Waals surface area contributed by atoms with Gasteiger partial charge in [0, 0.05) is 6.54 Å². The fraction of sp³-hybridized carbons (Fsp3) is 0.600. The van der Waals surface area contributed by atoms with Crippen LogP contribution in [0.1, 0.15) is 44.1 Å². The van der Waals surface area contributed by atoms with Crippen LogP contribution in [0.3, 0.4) is 0 Å². The van der Waals surface area contributed by atoms with E-state index in [0.29, 0.717) is 12.6 Å². The molecule has 0 spiro atoms. The normalized spacial score (nSPS) is 17.0. The van der Waals surface area contributed by atoms with Gasteiger partial charge in [-0.1, -0.05) is 12.8 Å². The van der Waals surface area contributed by atoms with Gasteiger partial charge in [-0.2, -0.15) is 0 Å². The smallest absolute Gasteiger partial charge is 0.175 e. The Bertz CT molecular complexity index is 415. The Hall–Kier alpha value is -0.740. The van der Waals surface area contributed by atoms with Crippen molar-refractivity contribution in [2.45, 2.75) is 51.2 Å². The van der Waals surface area contributed by atoms with Crippen molar-refractivity contribution in [3.8, 4) is 11.5 Å². The summed E-state index contributed by atoms with van der Waals surface area (Å²) in [6.07, 6.45) is 7.73. The van der Waals surface area contributed by atoms with E-state index in [4.69, 9.17) is 15.2 Å². The number of ether oxygens (including phenoxy) is 2. The second-order valence-electron chi connectivity index (χ2n) is 5.04. The van der Waals surface area contributed by atoms with Crippen LogP contribution < -0.4 is 15.2 Å². The molecular weight excluding hydrogens is 306 g/mol. The molecule has 0 saturated heterocycles. The molecule has 1 fully saturated rings. The molecule has 4 heteroatoms. The average Bonchev–Trinajstić information content (AvgIpc) is 2.69. The molecule has 0 amide bonds. The highest BCUT2D eigenvalue weighted by atomic mass is 79.9. The zero-order valence-electron chi connectivity index (χ0n) is 11.5. The lowest BCUT2D eigenvalue weighted by molar-refractivity contribution is 0.175. The van der Waals surface area contributed by atoms with E-state index in [9.17, 15) is 0 Å². The van der Waals surface area contributed by atoms with E-state index in [2.05, 4.69) is 15.9 Å². The molecule has 1 aromatic carbocycles. The molecule has 0 bridgehead atoms. The summed E-state index contributed by atoms with van der Waals surface area (Å²) in [5.74, 6) is 1.57. The molecule has 0 atom stereocenters. The fourth-order valence-electron chi connectivity index (χ4n) is 2.53. The summed E-state index contributed by atoms with van der Waals surface area (Å²) in [6, 6.07) is 3.96. The Morgan fingerprint density at radius 2 is 1.89 bits per heavy atom. The van der Waals surface area contributed by atoms with E-state index in [-0.39, 0.29) is 0 Å². The minimum absolute atomic E-state index is 0.302. The molecule has 19 heavy (non-hydrogen) atoms. The van der Waals surface area contributed by atoms with E-state index in [1.165, 1.54) is 25.7 Å². The Balaban J connectivity index is 2.18. The Morgan fingerprint density at radius 1 is 1.21 bits per heavy atom. The molecule has 0 radical (unpaired) electrons. The van der Waals surface area contributed by atoms with Gasteiger partial charge in [-0.05, 0) is 59.3 Å². The summed E-state index contributed by atoms with van der Waals surface area (Å²) in [4.78, 5) is 0. The van der Waals surface area contributed by atoms with Crippen LogP contribution in [0, 0.1) is 0 Å². The first-order valence-electron chi connectivity index (χ1n) is 6.97. The molecule has 0 aromatic heterocycles. The quantitative estimate of drug-likeness (QED) is 0.849. The van der Waals surface area contributed by atoms with Crippen LogP contribution in [0.15, 0.2) is 16.6 Å². The third-order valence-corrected chi connectivity index (χ3v) is 4.20. The summed E-state index contributed by atoms with van der Waals surface area (Å²) in [5.41, 5.74) is 6.72. The van der Waals surface area contributed by atoms with Gasteiger partial charge in [0.2, 0.25) is 0 Å². The Labute approximate surface area is 123 Å². The lowest BCUT2D eigenvalue weighted by Gasteiger charge is -2.20. The van der Waals surface area contributed by atoms with Gasteiger partial charge < -0.3 is 15.2 Å². The van der Waals surface area contributed by atoms with Gasteiger partial charge in [-0.3, -0.25) is 0 Å². The highest BCUT2D eigenvalue weighted by Crippen LogP contribution is 2.38. The van der Waals surface area contributed by atoms with Crippen molar-refractivity contribution in [1.29, 1.82) is 0 Å². The van der Waals surface area contributed by atoms with Gasteiger partial charge in [0.05, 0.1) is 17.7 Å². The van der Waals surface area contributed by atoms with Crippen molar-refractivity contribution in [3.63, 3.8) is 0 Å². The summed E-state index contributed by atoms with van der Waals surface area (Å²) in [5, 5.41) is 0. The topological polar surface area (TPSA) is 44.5 Å². The number of benzene rings is 1. The first kappa shape index (κ1) is 14.7. The second kappa shape index (κ2) is 7.15. The molecule has 1 aromatic rings. The zero-order valence-corrected chi connectivity index (χ0v) is 13.0. The van der Waals surface area contributed by atoms with E-state index in [1.807, 2.05) is 12.1 Å². The van der Waals surface area contributed by atoms with Crippen LogP contribution >= 0.6 is 15.9 Å². The van der Waals surface area contributed by atoms with E-state index >= 15 is 0 Å². The van der Waals surface area contributed by atoms with E-state index in [1.54, 1.807) is 7.11 Å². The lowest BCUT2D eigenvalue weighted by Crippen LogP contribution is -2.16. The second-order valence-corrected chi connectivity index (χ2v) is 5.90. The maximum Gasteiger partial charge on any atom is 0.175 e. The molecule has 0 unspecified atom stereocenters. The minimum atomic E-state index is 0.302. The van der Waals surface area contributed by atoms with Crippen LogP contribution in [-0.2, 0) is 6.54 Å². The number of halogens is 1. The van der Waals surface area contributed by atoms with Crippen molar-refractivity contribution in [1.82, 2.24) is 0 Å². The Morgan fingerprint density at radius 3 is 2.47 bits per heavy atom. The minimum Gasteiger partial charge on any atom is -0.493 e. The third kappa shape index (κ3) is 3.86. The van der Waals surface area contributed by atoms with Crippen LogP contribution in [0.2, 0.25) is 0 Å². The zero-order chi connectivity index (χ0) is 13.7. The molecule has 3 nitrogen and oxygen atoms in total. The maximum absolute atomic E-state index is 6.17. The van der Waals surface area contributed by atoms with E-state index < -0.39 is 0 Å². The van der Waals surface area contributed by atoms with E-state index in [0.717, 1.165) is 34.4 Å². The average molecular weight is 328 g/mol. The standard InChI is InChI=1S/C15H22BrNO2/c1-18-14-9-11(10-17)8-13(16)15(14)19-12-6-4-2-3-5-7-12/h8-9,12H,2-7,10,17H2,1H3. The SMILES string of the molecule is COc1cc(CN)cc(Br)c1OC1CCCCCC1. The summed E-state index contributed by atoms with van der Waals surface area (Å²) < 4.78 is 12.5. The Kier molecular flexibility index (Phi) is 5.52. The van der Waals surface area contributed by atoms with Crippen LogP contribution in [0.4, 0.5) is 0 Å². The number of methoxy groups -OCH3 is 1. The summed E-state index contributed by atoms with van der Waals surface area (Å²) in [6.45, 7) is 0.499. The molecule has 2 N–H and O–H groups in total. The molecule has 2 rings (SSSR count). The molecule has 1 saturated carbocycles. The highest BCUT2D eigenvalue weighted by molar-refractivity contribution is 9.10. The summed E-state index contributed by atoms with van der Waals surface area (Å²) >= 11 is 3.57. The summed E-state index contributed by atoms with van der Waals surface area (Å²) in [7, 11) is 1.67. The molecule has 1 aliphatic rings. The molecule has 0 aliphatic heterocycles. The van der Waals surface area contributed by atoms with Gasteiger partial charge in [0.1, 0.15) is 0 Å². The van der Waals surface area contributed by atoms with Gasteiger partial charge >= 0.3 is 0 Å². The highest BCUT2D eigenvalue weighted by Gasteiger charge is 2.18. The fourth-order valence-corrected chi connectivity index (χ4v) is 3.11. The van der Waals surface area contributed by atoms with Crippen molar-refractivity contribution >= 4 is 15.9 Å². The van der Waals surface area contributed by atoms with Crippen molar-refractivity contribution in [2.75, 3.05) is 7.11 Å². The number of nitrogens with two attached hydrogens (primary N) is 1. The van der Waals surface area contributed by atoms with Crippen molar-refractivity contribution in [3.05, 3.63) is 22.2 Å². The largest absolute Gasteiger partial charge is 0.493 e. The third-order valence-electron chi connectivity index (χ3n) is 3.61. The lowest BCUT2D eigenvalue weighted by atomic mass is 10.1. The van der Waals surface area contributed by atoms with Crippen molar-refractivity contribution in [2.24, 2.45) is 5.73 Å². The first-order chi connectivity index (χ1) is 9.24. The van der Waals surface area contributed by atoms with Gasteiger partial charge in [-0.15, -0.1) is 0 Å². The van der Waals surface area contributed by atoms with Crippen LogP contribution in [0.5, 0.6) is 11.5 Å². The number of hydrogen-bond donors (Lipinski definition) is 1. The molecule has 1 aliphatic carbocycles. The predicted molar refractivity (Wildman–Crippen MR) is 80.7 cm³/mol. The van der Waals surface area contributed by atoms with Crippen LogP contribution in [0.25, 0.3) is 0 Å². The van der Waals surface area contributed by atoms with Crippen molar-refractivity contribution < 1.29 is 9.47 Å². The van der Waals surface area contributed by atoms with Gasteiger partial charge in [0.25, 0.3) is 0 Å². The maximum atomic E-state index is 6.17. The molecule has 0 heterocycles. The van der Waals surface area contributed by atoms with Crippen LogP contribution in [-0.4, -0.2) is 13.2 Å². The molecule has 106 valence electrons. The van der Waals surface area contributed by atoms with Gasteiger partial charge in [0.15, 0.2) is 11.5 Å². The predicted octanol–water partition coefficient (Wildman–Crippen LogP) is 4.02. The monoisotopic (exact) mass is 327 g/mol. The first-order valence-corrected chi connectivity index (χ1v) is 7.77. The number of rotatable bonds is 4.